The fourth-order valence-corrected chi connectivity index (χ4v) is 3.20. The molecule has 2 aromatic carbocycles. The number of carbonyl (C=O) groups is 1. The van der Waals surface area contributed by atoms with E-state index in [1.165, 1.54) is 24.9 Å². The molecule has 1 N–H and O–H groups in total. The van der Waals surface area contributed by atoms with Gasteiger partial charge >= 0.3 is 6.61 Å². The predicted octanol–water partition coefficient (Wildman–Crippen LogP) is 4.14. The maximum absolute atomic E-state index is 12.3. The van der Waals surface area contributed by atoms with E-state index in [0.717, 1.165) is 10.5 Å². The number of thioether (sulfide) groups is 1. The molecule has 0 aromatic heterocycles. The molecular formula is C19H21F2NO3S. The number of carbonyl (C=O) groups excluding carboxylic acids is 1. The highest BCUT2D eigenvalue weighted by Gasteiger charge is 2.14. The van der Waals surface area contributed by atoms with Crippen LogP contribution in [-0.4, -0.2) is 31.4 Å². The Balaban J connectivity index is 1.84. The highest BCUT2D eigenvalue weighted by molar-refractivity contribution is 8.00. The van der Waals surface area contributed by atoms with Gasteiger partial charge in [0.25, 0.3) is 0 Å². The molecule has 0 saturated carbocycles. The third kappa shape index (κ3) is 6.22. The van der Waals surface area contributed by atoms with Crippen LogP contribution in [0.5, 0.6) is 11.5 Å². The number of methoxy groups -OCH3 is 1. The zero-order valence-electron chi connectivity index (χ0n) is 14.6. The van der Waals surface area contributed by atoms with Gasteiger partial charge in [0, 0.05) is 11.4 Å². The number of hydrogen-bond acceptors (Lipinski definition) is 4. The van der Waals surface area contributed by atoms with Crippen LogP contribution in [-0.2, 0) is 11.2 Å². The van der Waals surface area contributed by atoms with Gasteiger partial charge in [0.05, 0.1) is 12.4 Å². The fourth-order valence-electron chi connectivity index (χ4n) is 2.29. The van der Waals surface area contributed by atoms with Gasteiger partial charge in [0.1, 0.15) is 0 Å². The van der Waals surface area contributed by atoms with Gasteiger partial charge in [-0.2, -0.15) is 8.78 Å². The first-order valence-corrected chi connectivity index (χ1v) is 8.98. The molecule has 0 fully saturated rings. The summed E-state index contributed by atoms with van der Waals surface area (Å²) >= 11 is 1.49. The Bertz CT molecular complexity index is 713. The van der Waals surface area contributed by atoms with E-state index in [2.05, 4.69) is 10.1 Å². The minimum atomic E-state index is -2.90. The van der Waals surface area contributed by atoms with Crippen molar-refractivity contribution in [3.05, 3.63) is 54.1 Å². The maximum atomic E-state index is 12.3. The van der Waals surface area contributed by atoms with Crippen molar-refractivity contribution >= 4 is 17.7 Å². The van der Waals surface area contributed by atoms with Crippen molar-refractivity contribution in [2.24, 2.45) is 0 Å². The SMILES string of the molecule is COc1cc(CCNC(=O)C(C)Sc2ccccc2)ccc1OC(F)F. The minimum absolute atomic E-state index is 0.0110. The summed E-state index contributed by atoms with van der Waals surface area (Å²) < 4.78 is 34.1. The average Bonchev–Trinajstić information content (AvgIpc) is 2.63. The first-order chi connectivity index (χ1) is 12.5. The Labute approximate surface area is 155 Å². The molecule has 4 nitrogen and oxygen atoms in total. The second-order valence-electron chi connectivity index (χ2n) is 5.48. The highest BCUT2D eigenvalue weighted by Crippen LogP contribution is 2.29. The second kappa shape index (κ2) is 10.0. The Morgan fingerprint density at radius 1 is 1.15 bits per heavy atom. The smallest absolute Gasteiger partial charge is 0.387 e. The number of rotatable bonds is 9. The molecule has 0 aliphatic heterocycles. The molecule has 0 aliphatic carbocycles. The molecule has 0 radical (unpaired) electrons. The summed E-state index contributed by atoms with van der Waals surface area (Å²) in [6.07, 6.45) is 0.555. The first kappa shape index (κ1) is 20.0. The van der Waals surface area contributed by atoms with E-state index in [1.807, 2.05) is 37.3 Å². The fraction of sp³-hybridized carbons (Fsp3) is 0.316. The Hall–Kier alpha value is -2.28. The van der Waals surface area contributed by atoms with E-state index in [1.54, 1.807) is 12.1 Å². The first-order valence-electron chi connectivity index (χ1n) is 8.10. The lowest BCUT2D eigenvalue weighted by Gasteiger charge is -2.13. The molecule has 1 amide bonds. The van der Waals surface area contributed by atoms with Crippen LogP contribution < -0.4 is 14.8 Å². The van der Waals surface area contributed by atoms with Crippen molar-refractivity contribution < 1.29 is 23.0 Å². The Morgan fingerprint density at radius 2 is 1.88 bits per heavy atom. The van der Waals surface area contributed by atoms with E-state index < -0.39 is 6.61 Å². The number of benzene rings is 2. The summed E-state index contributed by atoms with van der Waals surface area (Å²) in [6.45, 7) is -0.610. The van der Waals surface area contributed by atoms with Crippen LogP contribution in [0.15, 0.2) is 53.4 Å². The van der Waals surface area contributed by atoms with Crippen LogP contribution >= 0.6 is 11.8 Å². The number of amides is 1. The normalized spacial score (nSPS) is 11.9. The number of hydrogen-bond donors (Lipinski definition) is 1. The third-order valence-corrected chi connectivity index (χ3v) is 4.69. The van der Waals surface area contributed by atoms with Crippen LogP contribution in [0, 0.1) is 0 Å². The minimum Gasteiger partial charge on any atom is -0.493 e. The van der Waals surface area contributed by atoms with Gasteiger partial charge < -0.3 is 14.8 Å². The number of ether oxygens (including phenoxy) is 2. The van der Waals surface area contributed by atoms with E-state index in [0.29, 0.717) is 13.0 Å². The Kier molecular flexibility index (Phi) is 7.72. The lowest BCUT2D eigenvalue weighted by Crippen LogP contribution is -2.32. The number of alkyl halides is 2. The summed E-state index contributed by atoms with van der Waals surface area (Å²) in [4.78, 5) is 13.2. The summed E-state index contributed by atoms with van der Waals surface area (Å²) in [5, 5.41) is 2.67. The zero-order valence-corrected chi connectivity index (χ0v) is 15.4. The van der Waals surface area contributed by atoms with E-state index in [-0.39, 0.29) is 22.7 Å². The summed E-state index contributed by atoms with van der Waals surface area (Å²) in [5.41, 5.74) is 0.854. The molecule has 2 aromatic rings. The Morgan fingerprint density at radius 3 is 2.54 bits per heavy atom. The van der Waals surface area contributed by atoms with Crippen molar-refractivity contribution in [2.45, 2.75) is 30.1 Å². The largest absolute Gasteiger partial charge is 0.493 e. The summed E-state index contributed by atoms with van der Waals surface area (Å²) in [5.74, 6) is 0.175. The maximum Gasteiger partial charge on any atom is 0.387 e. The molecule has 0 spiro atoms. The van der Waals surface area contributed by atoms with E-state index in [9.17, 15) is 13.6 Å². The lowest BCUT2D eigenvalue weighted by atomic mass is 10.1. The second-order valence-corrected chi connectivity index (χ2v) is 6.89. The van der Waals surface area contributed by atoms with Gasteiger partial charge in [-0.05, 0) is 43.2 Å². The molecule has 7 heteroatoms. The van der Waals surface area contributed by atoms with Crippen LogP contribution in [0.2, 0.25) is 0 Å². The molecule has 1 atom stereocenters. The van der Waals surface area contributed by atoms with Crippen molar-refractivity contribution in [3.63, 3.8) is 0 Å². The van der Waals surface area contributed by atoms with Gasteiger partial charge in [0.2, 0.25) is 5.91 Å². The number of nitrogens with one attached hydrogen (secondary N) is 1. The van der Waals surface area contributed by atoms with Crippen molar-refractivity contribution in [1.82, 2.24) is 5.32 Å². The van der Waals surface area contributed by atoms with Crippen LogP contribution in [0.3, 0.4) is 0 Å². The van der Waals surface area contributed by atoms with Gasteiger partial charge in [-0.15, -0.1) is 11.8 Å². The molecule has 0 aliphatic rings. The van der Waals surface area contributed by atoms with Gasteiger partial charge in [-0.25, -0.2) is 0 Å². The summed E-state index contributed by atoms with van der Waals surface area (Å²) in [6, 6.07) is 14.5. The molecule has 2 rings (SSSR count). The molecular weight excluding hydrogens is 360 g/mol. The third-order valence-electron chi connectivity index (χ3n) is 3.58. The van der Waals surface area contributed by atoms with Gasteiger partial charge in [0.15, 0.2) is 11.5 Å². The number of halogens is 2. The molecule has 0 heterocycles. The van der Waals surface area contributed by atoms with Crippen molar-refractivity contribution in [3.8, 4) is 11.5 Å². The molecule has 140 valence electrons. The molecule has 1 unspecified atom stereocenters. The quantitative estimate of drug-likeness (QED) is 0.664. The van der Waals surface area contributed by atoms with E-state index in [4.69, 9.17) is 4.74 Å². The molecule has 26 heavy (non-hydrogen) atoms. The van der Waals surface area contributed by atoms with Gasteiger partial charge in [-0.3, -0.25) is 4.79 Å². The van der Waals surface area contributed by atoms with Crippen molar-refractivity contribution in [2.75, 3.05) is 13.7 Å². The van der Waals surface area contributed by atoms with Gasteiger partial charge in [-0.1, -0.05) is 24.3 Å². The topological polar surface area (TPSA) is 47.6 Å². The van der Waals surface area contributed by atoms with Crippen LogP contribution in [0.25, 0.3) is 0 Å². The molecule has 0 saturated heterocycles. The standard InChI is InChI=1S/C19H21F2NO3S/c1-13(26-15-6-4-3-5-7-15)18(23)22-11-10-14-8-9-16(25-19(20)21)17(12-14)24-2/h3-9,12-13,19H,10-11H2,1-2H3,(H,22,23). The van der Waals surface area contributed by atoms with Crippen LogP contribution in [0.4, 0.5) is 8.78 Å². The van der Waals surface area contributed by atoms with E-state index >= 15 is 0 Å². The molecule has 0 bridgehead atoms. The average molecular weight is 381 g/mol. The van der Waals surface area contributed by atoms with Crippen LogP contribution in [0.1, 0.15) is 12.5 Å². The zero-order chi connectivity index (χ0) is 18.9. The predicted molar refractivity (Wildman–Crippen MR) is 98.1 cm³/mol. The van der Waals surface area contributed by atoms with Crippen molar-refractivity contribution in [1.29, 1.82) is 0 Å². The highest BCUT2D eigenvalue weighted by atomic mass is 32.2. The lowest BCUT2D eigenvalue weighted by molar-refractivity contribution is -0.120. The monoisotopic (exact) mass is 381 g/mol. The summed E-state index contributed by atoms with van der Waals surface area (Å²) in [7, 11) is 1.39.